The standard InChI is InChI=1S/C16H27N3/c1-13-7-8-16(14(10-13)11-17-2)19-9-5-6-15(12-19)18(3)4/h7-8,10,15,17H,5-6,9,11-12H2,1-4H3. The van der Waals surface area contributed by atoms with Crippen molar-refractivity contribution in [3.05, 3.63) is 29.3 Å². The molecule has 3 heteroatoms. The average molecular weight is 261 g/mol. The van der Waals surface area contributed by atoms with Gasteiger partial charge in [-0.2, -0.15) is 0 Å². The summed E-state index contributed by atoms with van der Waals surface area (Å²) < 4.78 is 0. The fourth-order valence-electron chi connectivity index (χ4n) is 2.95. The van der Waals surface area contributed by atoms with Gasteiger partial charge < -0.3 is 15.1 Å². The Morgan fingerprint density at radius 1 is 1.37 bits per heavy atom. The Hall–Kier alpha value is -1.06. The fraction of sp³-hybridized carbons (Fsp3) is 0.625. The molecule has 0 radical (unpaired) electrons. The van der Waals surface area contributed by atoms with Gasteiger partial charge in [0.25, 0.3) is 0 Å². The van der Waals surface area contributed by atoms with Crippen LogP contribution in [0.25, 0.3) is 0 Å². The lowest BCUT2D eigenvalue weighted by Gasteiger charge is -2.38. The van der Waals surface area contributed by atoms with E-state index in [4.69, 9.17) is 0 Å². The van der Waals surface area contributed by atoms with Gasteiger partial charge in [-0.1, -0.05) is 17.7 Å². The molecule has 1 unspecified atom stereocenters. The van der Waals surface area contributed by atoms with Gasteiger partial charge in [0.05, 0.1) is 0 Å². The van der Waals surface area contributed by atoms with Gasteiger partial charge in [0, 0.05) is 31.4 Å². The fourth-order valence-corrected chi connectivity index (χ4v) is 2.95. The molecule has 1 N–H and O–H groups in total. The van der Waals surface area contributed by atoms with Crippen LogP contribution < -0.4 is 10.2 Å². The normalized spacial score (nSPS) is 20.1. The first-order valence-electron chi connectivity index (χ1n) is 7.27. The lowest BCUT2D eigenvalue weighted by molar-refractivity contribution is 0.258. The number of hydrogen-bond acceptors (Lipinski definition) is 3. The molecular weight excluding hydrogens is 234 g/mol. The maximum absolute atomic E-state index is 3.29. The van der Waals surface area contributed by atoms with Gasteiger partial charge in [-0.05, 0) is 52.5 Å². The Morgan fingerprint density at radius 2 is 2.16 bits per heavy atom. The van der Waals surface area contributed by atoms with E-state index in [2.05, 4.69) is 54.3 Å². The summed E-state index contributed by atoms with van der Waals surface area (Å²) in [6.45, 7) is 5.44. The van der Waals surface area contributed by atoms with Crippen molar-refractivity contribution < 1.29 is 0 Å². The van der Waals surface area contributed by atoms with E-state index in [-0.39, 0.29) is 0 Å². The molecule has 0 amide bonds. The third-order valence-corrected chi connectivity index (χ3v) is 4.07. The SMILES string of the molecule is CNCc1cc(C)ccc1N1CCCC(N(C)C)C1. The van der Waals surface area contributed by atoms with Crippen LogP contribution in [0.1, 0.15) is 24.0 Å². The monoisotopic (exact) mass is 261 g/mol. The smallest absolute Gasteiger partial charge is 0.0412 e. The number of aryl methyl sites for hydroxylation is 1. The maximum atomic E-state index is 3.29. The van der Waals surface area contributed by atoms with Gasteiger partial charge >= 0.3 is 0 Å². The molecule has 106 valence electrons. The van der Waals surface area contributed by atoms with Gasteiger partial charge in [-0.15, -0.1) is 0 Å². The van der Waals surface area contributed by atoms with Crippen LogP contribution in [-0.2, 0) is 6.54 Å². The molecule has 0 aromatic heterocycles. The molecule has 1 atom stereocenters. The van der Waals surface area contributed by atoms with Crippen LogP contribution in [0, 0.1) is 6.92 Å². The first-order chi connectivity index (χ1) is 9.11. The van der Waals surface area contributed by atoms with Crippen LogP contribution in [0.3, 0.4) is 0 Å². The highest BCUT2D eigenvalue weighted by Crippen LogP contribution is 2.26. The molecule has 2 rings (SSSR count). The number of rotatable bonds is 4. The molecule has 1 aromatic rings. The Bertz CT molecular complexity index is 414. The van der Waals surface area contributed by atoms with E-state index in [0.29, 0.717) is 6.04 Å². The Labute approximate surface area is 117 Å². The zero-order valence-electron chi connectivity index (χ0n) is 12.7. The highest BCUT2D eigenvalue weighted by molar-refractivity contribution is 5.55. The highest BCUT2D eigenvalue weighted by Gasteiger charge is 2.22. The largest absolute Gasteiger partial charge is 0.370 e. The van der Waals surface area contributed by atoms with Crippen LogP contribution in [-0.4, -0.2) is 45.2 Å². The van der Waals surface area contributed by atoms with E-state index < -0.39 is 0 Å². The van der Waals surface area contributed by atoms with Crippen molar-refractivity contribution in [3.8, 4) is 0 Å². The van der Waals surface area contributed by atoms with Crippen molar-refractivity contribution in [2.75, 3.05) is 39.1 Å². The van der Waals surface area contributed by atoms with E-state index in [1.54, 1.807) is 0 Å². The predicted molar refractivity (Wildman–Crippen MR) is 82.9 cm³/mol. The Morgan fingerprint density at radius 3 is 2.84 bits per heavy atom. The van der Waals surface area contributed by atoms with E-state index in [1.165, 1.54) is 36.2 Å². The lowest BCUT2D eigenvalue weighted by Crippen LogP contribution is -2.45. The molecule has 1 saturated heterocycles. The van der Waals surface area contributed by atoms with E-state index in [1.807, 2.05) is 7.05 Å². The molecule has 1 fully saturated rings. The molecule has 0 spiro atoms. The maximum Gasteiger partial charge on any atom is 0.0412 e. The summed E-state index contributed by atoms with van der Waals surface area (Å²) in [5.41, 5.74) is 4.17. The first kappa shape index (κ1) is 14.4. The number of benzene rings is 1. The summed E-state index contributed by atoms with van der Waals surface area (Å²) in [6.07, 6.45) is 2.60. The molecule has 1 aliphatic rings. The molecule has 0 aliphatic carbocycles. The van der Waals surface area contributed by atoms with Crippen molar-refractivity contribution in [3.63, 3.8) is 0 Å². The minimum atomic E-state index is 0.678. The second-order valence-corrected chi connectivity index (χ2v) is 5.87. The van der Waals surface area contributed by atoms with Gasteiger partial charge in [0.15, 0.2) is 0 Å². The number of nitrogens with one attached hydrogen (secondary N) is 1. The number of hydrogen-bond donors (Lipinski definition) is 1. The highest BCUT2D eigenvalue weighted by atomic mass is 15.2. The van der Waals surface area contributed by atoms with Gasteiger partial charge in [0.1, 0.15) is 0 Å². The molecular formula is C16H27N3. The molecule has 0 bridgehead atoms. The molecule has 19 heavy (non-hydrogen) atoms. The third-order valence-electron chi connectivity index (χ3n) is 4.07. The van der Waals surface area contributed by atoms with Gasteiger partial charge in [-0.25, -0.2) is 0 Å². The lowest BCUT2D eigenvalue weighted by atomic mass is 10.0. The predicted octanol–water partition coefficient (Wildman–Crippen LogP) is 2.24. The van der Waals surface area contributed by atoms with E-state index >= 15 is 0 Å². The van der Waals surface area contributed by atoms with Crippen molar-refractivity contribution in [2.24, 2.45) is 0 Å². The molecule has 0 saturated carbocycles. The van der Waals surface area contributed by atoms with Crippen LogP contribution in [0.4, 0.5) is 5.69 Å². The first-order valence-corrected chi connectivity index (χ1v) is 7.27. The summed E-state index contributed by atoms with van der Waals surface area (Å²) in [6, 6.07) is 7.51. The second-order valence-electron chi connectivity index (χ2n) is 5.87. The van der Waals surface area contributed by atoms with Crippen LogP contribution in [0.15, 0.2) is 18.2 Å². The Balaban J connectivity index is 2.20. The van der Waals surface area contributed by atoms with Crippen LogP contribution >= 0.6 is 0 Å². The number of likely N-dealkylation sites (N-methyl/N-ethyl adjacent to an activating group) is 1. The summed E-state index contributed by atoms with van der Waals surface area (Å²) >= 11 is 0. The van der Waals surface area contributed by atoms with Crippen molar-refractivity contribution >= 4 is 5.69 Å². The minimum absolute atomic E-state index is 0.678. The zero-order chi connectivity index (χ0) is 13.8. The van der Waals surface area contributed by atoms with Crippen LogP contribution in [0.5, 0.6) is 0 Å². The van der Waals surface area contributed by atoms with E-state index in [0.717, 1.165) is 13.1 Å². The van der Waals surface area contributed by atoms with Crippen molar-refractivity contribution in [1.29, 1.82) is 0 Å². The number of nitrogens with zero attached hydrogens (tertiary/aromatic N) is 2. The Kier molecular flexibility index (Phi) is 4.83. The topological polar surface area (TPSA) is 18.5 Å². The summed E-state index contributed by atoms with van der Waals surface area (Å²) in [5, 5.41) is 3.29. The van der Waals surface area contributed by atoms with Gasteiger partial charge in [-0.3, -0.25) is 0 Å². The summed E-state index contributed by atoms with van der Waals surface area (Å²) in [4.78, 5) is 4.92. The second kappa shape index (κ2) is 6.40. The summed E-state index contributed by atoms with van der Waals surface area (Å²) in [7, 11) is 6.40. The third kappa shape index (κ3) is 3.48. The molecule has 1 aromatic carbocycles. The van der Waals surface area contributed by atoms with Gasteiger partial charge in [0.2, 0.25) is 0 Å². The molecule has 1 heterocycles. The van der Waals surface area contributed by atoms with Crippen LogP contribution in [0.2, 0.25) is 0 Å². The quantitative estimate of drug-likeness (QED) is 0.897. The van der Waals surface area contributed by atoms with E-state index in [9.17, 15) is 0 Å². The number of piperidine rings is 1. The molecule has 3 nitrogen and oxygen atoms in total. The number of anilines is 1. The van der Waals surface area contributed by atoms with Crippen molar-refractivity contribution in [2.45, 2.75) is 32.4 Å². The molecule has 1 aliphatic heterocycles. The zero-order valence-corrected chi connectivity index (χ0v) is 12.7. The summed E-state index contributed by atoms with van der Waals surface area (Å²) in [5.74, 6) is 0. The minimum Gasteiger partial charge on any atom is -0.370 e. The van der Waals surface area contributed by atoms with Crippen molar-refractivity contribution in [1.82, 2.24) is 10.2 Å². The average Bonchev–Trinajstić information content (AvgIpc) is 2.39.